The van der Waals surface area contributed by atoms with Gasteiger partial charge < -0.3 is 0 Å². The molecule has 0 saturated heterocycles. The van der Waals surface area contributed by atoms with Crippen molar-refractivity contribution in [2.24, 2.45) is 28.1 Å². The molecule has 1 aromatic rings. The first-order valence-electron chi connectivity index (χ1n) is 14.0. The van der Waals surface area contributed by atoms with Crippen molar-refractivity contribution < 1.29 is 17.0 Å². The molecule has 5 saturated carbocycles. The van der Waals surface area contributed by atoms with Crippen LogP contribution in [0.5, 0.6) is 0 Å². The Kier molecular flexibility index (Phi) is 5.62. The van der Waals surface area contributed by atoms with E-state index in [1.54, 1.807) is 30.3 Å². The molecule has 5 fully saturated rings. The van der Waals surface area contributed by atoms with Crippen LogP contribution in [-0.4, -0.2) is 14.0 Å². The van der Waals surface area contributed by atoms with Gasteiger partial charge in [-0.05, 0) is 125 Å². The number of aryl methyl sites for hydroxylation is 1. The third-order valence-electron chi connectivity index (χ3n) is 11.6. The molecule has 192 valence electrons. The highest BCUT2D eigenvalue weighted by atomic mass is 32.2. The molecule has 35 heavy (non-hydrogen) atoms. The van der Waals surface area contributed by atoms with Crippen molar-refractivity contribution in [3.8, 4) is 0 Å². The van der Waals surface area contributed by atoms with Crippen LogP contribution in [-0.2, 0) is 14.3 Å². The molecule has 0 unspecified atom stereocenters. The van der Waals surface area contributed by atoms with E-state index >= 15 is 4.39 Å². The Labute approximate surface area is 211 Å². The molecule has 0 atom stereocenters. The number of hydrogen-bond donors (Lipinski definition) is 0. The maximum absolute atomic E-state index is 16.1. The Hall–Kier alpha value is -1.20. The van der Waals surface area contributed by atoms with Gasteiger partial charge in [0.25, 0.3) is 10.1 Å². The molecule has 0 radical (unpaired) electrons. The summed E-state index contributed by atoms with van der Waals surface area (Å²) < 4.78 is 48.0. The molecular weight excluding hydrogens is 459 g/mol. The van der Waals surface area contributed by atoms with Crippen molar-refractivity contribution in [3.05, 3.63) is 41.7 Å². The number of halogens is 1. The summed E-state index contributed by atoms with van der Waals surface area (Å²) in [6.07, 6.45) is 17.0. The lowest BCUT2D eigenvalue weighted by Gasteiger charge is -2.66. The summed E-state index contributed by atoms with van der Waals surface area (Å²) >= 11 is 0. The van der Waals surface area contributed by atoms with Crippen molar-refractivity contribution in [3.63, 3.8) is 0 Å². The molecule has 0 N–H and O–H groups in total. The Morgan fingerprint density at radius 2 is 1.40 bits per heavy atom. The monoisotopic (exact) mass is 500 g/mol. The topological polar surface area (TPSA) is 43.4 Å². The Balaban J connectivity index is 1.21. The molecule has 1 aromatic carbocycles. The minimum Gasteiger partial charge on any atom is -0.255 e. The summed E-state index contributed by atoms with van der Waals surface area (Å²) in [5.41, 5.74) is 0.128. The fourth-order valence-corrected chi connectivity index (χ4v) is 10.3. The smallest absolute Gasteiger partial charge is 0.255 e. The van der Waals surface area contributed by atoms with Crippen LogP contribution in [0.25, 0.3) is 0 Å². The zero-order valence-electron chi connectivity index (χ0n) is 21.5. The maximum atomic E-state index is 16.1. The van der Waals surface area contributed by atoms with E-state index in [-0.39, 0.29) is 16.1 Å². The van der Waals surface area contributed by atoms with E-state index in [2.05, 4.69) is 6.92 Å². The Morgan fingerprint density at radius 3 is 1.94 bits per heavy atom. The van der Waals surface area contributed by atoms with E-state index in [4.69, 9.17) is 4.18 Å². The van der Waals surface area contributed by atoms with Gasteiger partial charge in [-0.2, -0.15) is 8.42 Å². The normalized spacial score (nSPS) is 43.2. The van der Waals surface area contributed by atoms with Gasteiger partial charge in [-0.25, -0.2) is 4.39 Å². The SMILES string of the molecule is Cc1ccc(S(=O)(=O)OC23C=C(F)C(C45CCC(C6CCC(C)CC6)(CC4)CC5)(CC2)CC3)cc1. The van der Waals surface area contributed by atoms with Gasteiger partial charge in [-0.15, -0.1) is 0 Å². The molecule has 7 aliphatic rings. The highest BCUT2D eigenvalue weighted by Gasteiger charge is 2.65. The van der Waals surface area contributed by atoms with E-state index < -0.39 is 21.1 Å². The lowest BCUT2D eigenvalue weighted by atomic mass is 9.39. The summed E-state index contributed by atoms with van der Waals surface area (Å²) in [7, 11) is -3.94. The molecule has 3 nitrogen and oxygen atoms in total. The van der Waals surface area contributed by atoms with Gasteiger partial charge in [0.15, 0.2) is 0 Å². The summed E-state index contributed by atoms with van der Waals surface area (Å²) in [5.74, 6) is 1.68. The molecule has 5 heteroatoms. The third kappa shape index (κ3) is 3.69. The zero-order chi connectivity index (χ0) is 24.5. The number of rotatable bonds is 5. The summed E-state index contributed by atoms with van der Waals surface area (Å²) in [6, 6.07) is 6.71. The number of benzene rings is 1. The first-order chi connectivity index (χ1) is 16.6. The average Bonchev–Trinajstić information content (AvgIpc) is 2.86. The molecule has 0 spiro atoms. The fraction of sp³-hybridized carbons (Fsp3) is 0.733. The number of allylic oxidation sites excluding steroid dienone is 1. The summed E-state index contributed by atoms with van der Waals surface area (Å²) in [6.45, 7) is 4.32. The highest BCUT2D eigenvalue weighted by molar-refractivity contribution is 7.86. The highest BCUT2D eigenvalue weighted by Crippen LogP contribution is 2.73. The molecule has 7 aliphatic carbocycles. The summed E-state index contributed by atoms with van der Waals surface area (Å²) in [4.78, 5) is 0.153. The quantitative estimate of drug-likeness (QED) is 0.384. The lowest BCUT2D eigenvalue weighted by molar-refractivity contribution is -0.148. The van der Waals surface area contributed by atoms with Crippen LogP contribution < -0.4 is 0 Å². The van der Waals surface area contributed by atoms with Crippen LogP contribution >= 0.6 is 0 Å². The number of fused-ring (bicyclic) bond motifs is 5. The molecule has 0 amide bonds. The van der Waals surface area contributed by atoms with Crippen LogP contribution in [0.15, 0.2) is 41.1 Å². The van der Waals surface area contributed by atoms with Gasteiger partial charge in [0, 0.05) is 5.41 Å². The predicted octanol–water partition coefficient (Wildman–Crippen LogP) is 8.03. The maximum Gasteiger partial charge on any atom is 0.297 e. The molecule has 0 aromatic heterocycles. The zero-order valence-corrected chi connectivity index (χ0v) is 22.3. The second kappa shape index (κ2) is 8.15. The van der Waals surface area contributed by atoms with Gasteiger partial charge in [-0.3, -0.25) is 4.18 Å². The van der Waals surface area contributed by atoms with Crippen molar-refractivity contribution >= 4 is 10.1 Å². The van der Waals surface area contributed by atoms with E-state index in [0.717, 1.165) is 36.7 Å². The van der Waals surface area contributed by atoms with Crippen molar-refractivity contribution in [2.45, 2.75) is 114 Å². The van der Waals surface area contributed by atoms with E-state index in [1.165, 1.54) is 44.9 Å². The van der Waals surface area contributed by atoms with Gasteiger partial charge >= 0.3 is 0 Å². The van der Waals surface area contributed by atoms with E-state index in [9.17, 15) is 8.42 Å². The first-order valence-corrected chi connectivity index (χ1v) is 15.4. The van der Waals surface area contributed by atoms with Crippen LogP contribution in [0, 0.1) is 35.0 Å². The second-order valence-corrected chi connectivity index (χ2v) is 14.6. The molecular formula is C30H41FO3S. The second-order valence-electron chi connectivity index (χ2n) is 13.1. The van der Waals surface area contributed by atoms with Crippen LogP contribution in [0.2, 0.25) is 0 Å². The molecule has 0 heterocycles. The summed E-state index contributed by atoms with van der Waals surface area (Å²) in [5, 5.41) is 0. The van der Waals surface area contributed by atoms with Crippen molar-refractivity contribution in [2.75, 3.05) is 0 Å². The largest absolute Gasteiger partial charge is 0.297 e. The number of hydrogen-bond acceptors (Lipinski definition) is 3. The lowest BCUT2D eigenvalue weighted by Crippen LogP contribution is -2.58. The molecule has 0 aliphatic heterocycles. The third-order valence-corrected chi connectivity index (χ3v) is 13.0. The fourth-order valence-electron chi connectivity index (χ4n) is 9.13. The van der Waals surface area contributed by atoms with Gasteiger partial charge in [0.05, 0.1) is 4.90 Å². The van der Waals surface area contributed by atoms with Gasteiger partial charge in [0.1, 0.15) is 11.4 Å². The molecule has 8 rings (SSSR count). The minimum atomic E-state index is -3.94. The first kappa shape index (κ1) is 24.2. The molecule has 4 bridgehead atoms. The standard InChI is InChI=1S/C30H41FO3S/c1-22-3-7-24(8-4-22)27-11-14-28(15-12-27,16-13-27)30-19-17-29(18-20-30,21-26(30)31)34-35(32,33)25-9-5-23(2)6-10-25/h5-6,9-10,21-22,24H,3-4,7-8,11-20H2,1-2H3. The van der Waals surface area contributed by atoms with Crippen LogP contribution in [0.3, 0.4) is 0 Å². The Morgan fingerprint density at radius 1 is 0.829 bits per heavy atom. The Bertz CT molecular complexity index is 1080. The van der Waals surface area contributed by atoms with Crippen molar-refractivity contribution in [1.82, 2.24) is 0 Å². The predicted molar refractivity (Wildman–Crippen MR) is 136 cm³/mol. The average molecular weight is 501 g/mol. The van der Waals surface area contributed by atoms with Crippen LogP contribution in [0.1, 0.15) is 102 Å². The van der Waals surface area contributed by atoms with E-state index in [0.29, 0.717) is 31.1 Å². The minimum absolute atomic E-state index is 0.0553. The van der Waals surface area contributed by atoms with Gasteiger partial charge in [0.2, 0.25) is 0 Å². The van der Waals surface area contributed by atoms with Gasteiger partial charge in [-0.1, -0.05) is 37.5 Å². The van der Waals surface area contributed by atoms with E-state index in [1.807, 2.05) is 6.92 Å². The van der Waals surface area contributed by atoms with Crippen LogP contribution in [0.4, 0.5) is 4.39 Å². The van der Waals surface area contributed by atoms with Crippen molar-refractivity contribution in [1.29, 1.82) is 0 Å².